The van der Waals surface area contributed by atoms with E-state index < -0.39 is 23.4 Å². The van der Waals surface area contributed by atoms with Gasteiger partial charge in [0.15, 0.2) is 11.6 Å². The van der Waals surface area contributed by atoms with Gasteiger partial charge in [-0.1, -0.05) is 48.5 Å². The maximum Gasteiger partial charge on any atom is 0.238 e. The number of para-hydroxylation sites is 2. The molecule has 1 aromatic heterocycles. The van der Waals surface area contributed by atoms with Crippen molar-refractivity contribution in [3.8, 4) is 5.75 Å². The SMILES string of the molecule is COc1ccc(C(=O)C2C(C(=O)c3ccccn3)C3(C(=O)Nc4ccccc43)C3C=C(C)c4ccccc4N23)cc1. The van der Waals surface area contributed by atoms with E-state index in [0.717, 1.165) is 16.8 Å². The lowest BCUT2D eigenvalue weighted by atomic mass is 9.64. The Morgan fingerprint density at radius 3 is 2.39 bits per heavy atom. The Bertz CT molecular complexity index is 1750. The molecule has 202 valence electrons. The number of carbonyl (C=O) groups is 3. The molecule has 0 saturated carbocycles. The molecule has 4 aromatic rings. The number of nitrogens with one attached hydrogen (secondary N) is 1. The lowest BCUT2D eigenvalue weighted by Gasteiger charge is -2.39. The van der Waals surface area contributed by atoms with E-state index in [1.54, 1.807) is 55.8 Å². The highest BCUT2D eigenvalue weighted by atomic mass is 16.5. The maximum atomic E-state index is 14.7. The van der Waals surface area contributed by atoms with Gasteiger partial charge in [-0.3, -0.25) is 19.4 Å². The number of nitrogens with zero attached hydrogens (tertiary/aromatic N) is 2. The van der Waals surface area contributed by atoms with Crippen LogP contribution in [0.3, 0.4) is 0 Å². The number of ketones is 2. The number of anilines is 2. The molecule has 0 radical (unpaired) electrons. The molecule has 1 saturated heterocycles. The minimum atomic E-state index is -1.37. The number of amides is 1. The standard InChI is InChI=1S/C34H27N3O4/c1-20-19-28-34(24-10-4-5-11-25(24)36-33(34)40)29(32(39)26-12-7-8-18-35-26)30(37(28)27-13-6-3-9-23(20)27)31(38)21-14-16-22(41-2)17-15-21/h3-19,28-30H,1-2H3,(H,36,40). The van der Waals surface area contributed by atoms with Crippen LogP contribution in [0.2, 0.25) is 0 Å². The fraction of sp³-hybridized carbons (Fsp3) is 0.176. The third-order valence-corrected chi connectivity index (χ3v) is 8.73. The number of hydrogen-bond donors (Lipinski definition) is 1. The number of fused-ring (bicyclic) bond motifs is 6. The molecule has 1 amide bonds. The van der Waals surface area contributed by atoms with Gasteiger partial charge in [0, 0.05) is 28.7 Å². The Kier molecular flexibility index (Phi) is 5.64. The number of aromatic nitrogens is 1. The highest BCUT2D eigenvalue weighted by molar-refractivity contribution is 6.18. The van der Waals surface area contributed by atoms with Crippen molar-refractivity contribution in [2.45, 2.75) is 24.4 Å². The Labute approximate surface area is 237 Å². The molecule has 7 nitrogen and oxygen atoms in total. The van der Waals surface area contributed by atoms with Gasteiger partial charge < -0.3 is 15.0 Å². The van der Waals surface area contributed by atoms with Crippen LogP contribution in [0.4, 0.5) is 11.4 Å². The normalized spacial score (nSPS) is 23.8. The van der Waals surface area contributed by atoms with E-state index in [-0.39, 0.29) is 23.2 Å². The van der Waals surface area contributed by atoms with Crippen molar-refractivity contribution >= 4 is 34.4 Å². The summed E-state index contributed by atoms with van der Waals surface area (Å²) >= 11 is 0. The van der Waals surface area contributed by atoms with Crippen LogP contribution in [0.15, 0.2) is 103 Å². The largest absolute Gasteiger partial charge is 0.497 e. The van der Waals surface area contributed by atoms with E-state index in [4.69, 9.17) is 4.74 Å². The monoisotopic (exact) mass is 541 g/mol. The highest BCUT2D eigenvalue weighted by Gasteiger charge is 2.70. The first-order valence-electron chi connectivity index (χ1n) is 13.6. The lowest BCUT2D eigenvalue weighted by molar-refractivity contribution is -0.121. The van der Waals surface area contributed by atoms with E-state index in [9.17, 15) is 14.4 Å². The number of carbonyl (C=O) groups excluding carboxylic acids is 3. The van der Waals surface area contributed by atoms with Crippen LogP contribution in [-0.2, 0) is 10.2 Å². The lowest BCUT2D eigenvalue weighted by Crippen LogP contribution is -2.51. The van der Waals surface area contributed by atoms with Crippen molar-refractivity contribution in [2.24, 2.45) is 5.92 Å². The van der Waals surface area contributed by atoms with Crippen molar-refractivity contribution in [1.82, 2.24) is 4.98 Å². The third-order valence-electron chi connectivity index (χ3n) is 8.73. The quantitative estimate of drug-likeness (QED) is 0.344. The number of rotatable bonds is 5. The van der Waals surface area contributed by atoms with Crippen LogP contribution in [0.1, 0.15) is 38.9 Å². The summed E-state index contributed by atoms with van der Waals surface area (Å²) < 4.78 is 5.32. The van der Waals surface area contributed by atoms with Crippen LogP contribution < -0.4 is 15.0 Å². The maximum absolute atomic E-state index is 14.7. The summed E-state index contributed by atoms with van der Waals surface area (Å²) in [4.78, 5) is 50.2. The summed E-state index contributed by atoms with van der Waals surface area (Å²) in [5.74, 6) is -1.33. The molecule has 1 fully saturated rings. The topological polar surface area (TPSA) is 88.6 Å². The zero-order valence-electron chi connectivity index (χ0n) is 22.6. The highest BCUT2D eigenvalue weighted by Crippen LogP contribution is 2.58. The van der Waals surface area contributed by atoms with Crippen LogP contribution in [0.5, 0.6) is 5.75 Å². The van der Waals surface area contributed by atoms with E-state index in [0.29, 0.717) is 22.6 Å². The number of Topliss-reactive ketones (excluding diaryl/α,β-unsaturated/α-hetero) is 2. The first kappa shape index (κ1) is 25.0. The Morgan fingerprint density at radius 2 is 1.63 bits per heavy atom. The minimum absolute atomic E-state index is 0.218. The van der Waals surface area contributed by atoms with Gasteiger partial charge in [-0.05, 0) is 66.6 Å². The van der Waals surface area contributed by atoms with Crippen LogP contribution in [0.25, 0.3) is 5.57 Å². The predicted molar refractivity (Wildman–Crippen MR) is 156 cm³/mol. The molecule has 0 bridgehead atoms. The summed E-state index contributed by atoms with van der Waals surface area (Å²) in [5, 5.41) is 3.06. The molecule has 4 unspecified atom stereocenters. The molecule has 3 aromatic carbocycles. The molecule has 1 spiro atoms. The van der Waals surface area contributed by atoms with Gasteiger partial charge in [0.1, 0.15) is 22.9 Å². The number of hydrogen-bond acceptors (Lipinski definition) is 6. The Morgan fingerprint density at radius 1 is 0.902 bits per heavy atom. The van der Waals surface area contributed by atoms with E-state index in [1.807, 2.05) is 66.4 Å². The Hall–Kier alpha value is -5.04. The molecule has 3 aliphatic heterocycles. The van der Waals surface area contributed by atoms with E-state index in [2.05, 4.69) is 10.3 Å². The third kappa shape index (κ3) is 3.45. The smallest absolute Gasteiger partial charge is 0.238 e. The van der Waals surface area contributed by atoms with Crippen molar-refractivity contribution in [3.05, 3.63) is 126 Å². The zero-order valence-corrected chi connectivity index (χ0v) is 22.6. The molecule has 0 aliphatic carbocycles. The van der Waals surface area contributed by atoms with Gasteiger partial charge in [0.05, 0.1) is 19.1 Å². The first-order valence-corrected chi connectivity index (χ1v) is 13.6. The van der Waals surface area contributed by atoms with Gasteiger partial charge in [-0.2, -0.15) is 0 Å². The van der Waals surface area contributed by atoms with Crippen LogP contribution >= 0.6 is 0 Å². The molecule has 7 rings (SSSR count). The number of methoxy groups -OCH3 is 1. The second kappa shape index (κ2) is 9.27. The van der Waals surface area contributed by atoms with Gasteiger partial charge in [-0.25, -0.2) is 0 Å². The molecule has 4 heterocycles. The van der Waals surface area contributed by atoms with Crippen molar-refractivity contribution in [3.63, 3.8) is 0 Å². The molecule has 7 heteroatoms. The van der Waals surface area contributed by atoms with Gasteiger partial charge in [0.25, 0.3) is 0 Å². The summed E-state index contributed by atoms with van der Waals surface area (Å²) in [6, 6.07) is 25.8. The minimum Gasteiger partial charge on any atom is -0.497 e. The van der Waals surface area contributed by atoms with Gasteiger partial charge in [0.2, 0.25) is 5.91 Å². The molecule has 41 heavy (non-hydrogen) atoms. The van der Waals surface area contributed by atoms with E-state index in [1.165, 1.54) is 0 Å². The van der Waals surface area contributed by atoms with Gasteiger partial charge >= 0.3 is 0 Å². The molecule has 4 atom stereocenters. The van der Waals surface area contributed by atoms with Crippen molar-refractivity contribution < 1.29 is 19.1 Å². The van der Waals surface area contributed by atoms with Crippen molar-refractivity contribution in [1.29, 1.82) is 0 Å². The first-order chi connectivity index (χ1) is 20.0. The number of benzene rings is 3. The van der Waals surface area contributed by atoms with Gasteiger partial charge in [-0.15, -0.1) is 0 Å². The number of pyridine rings is 1. The van der Waals surface area contributed by atoms with Crippen LogP contribution in [0, 0.1) is 5.92 Å². The second-order valence-electron chi connectivity index (χ2n) is 10.7. The van der Waals surface area contributed by atoms with Crippen molar-refractivity contribution in [2.75, 3.05) is 17.3 Å². The average molecular weight is 542 g/mol. The molecule has 1 N–H and O–H groups in total. The predicted octanol–water partition coefficient (Wildman–Crippen LogP) is 5.34. The summed E-state index contributed by atoms with van der Waals surface area (Å²) in [7, 11) is 1.57. The Balaban J connectivity index is 1.54. The second-order valence-corrected chi connectivity index (χ2v) is 10.7. The number of ether oxygens (including phenoxy) is 1. The summed E-state index contributed by atoms with van der Waals surface area (Å²) in [6.07, 6.45) is 3.61. The molecular weight excluding hydrogens is 514 g/mol. The number of allylic oxidation sites excluding steroid dienone is 1. The summed E-state index contributed by atoms with van der Waals surface area (Å²) in [6.45, 7) is 2.01. The zero-order chi connectivity index (χ0) is 28.3. The average Bonchev–Trinajstić information content (AvgIpc) is 3.49. The molecule has 3 aliphatic rings. The van der Waals surface area contributed by atoms with E-state index >= 15 is 0 Å². The fourth-order valence-corrected chi connectivity index (χ4v) is 6.98. The molecular formula is C34H27N3O4. The van der Waals surface area contributed by atoms with Crippen LogP contribution in [-0.4, -0.2) is 41.7 Å². The fourth-order valence-electron chi connectivity index (χ4n) is 6.98. The summed E-state index contributed by atoms with van der Waals surface area (Å²) in [5.41, 5.74) is 3.41.